The van der Waals surface area contributed by atoms with E-state index < -0.39 is 17.8 Å². The molecule has 0 fully saturated rings. The highest BCUT2D eigenvalue weighted by Gasteiger charge is 2.24. The van der Waals surface area contributed by atoms with E-state index in [-0.39, 0.29) is 18.2 Å². The van der Waals surface area contributed by atoms with Crippen molar-refractivity contribution in [1.29, 1.82) is 0 Å². The van der Waals surface area contributed by atoms with E-state index in [1.54, 1.807) is 6.92 Å². The predicted octanol–water partition coefficient (Wildman–Crippen LogP) is 2.73. The topological polar surface area (TPSA) is 66.4 Å². The number of rotatable bonds is 5. The zero-order chi connectivity index (χ0) is 15.4. The molecule has 5 heteroatoms. The summed E-state index contributed by atoms with van der Waals surface area (Å²) in [5.74, 6) is -1.68. The van der Waals surface area contributed by atoms with Gasteiger partial charge in [-0.15, -0.1) is 0 Å². The molecule has 2 rings (SSSR count). The van der Waals surface area contributed by atoms with Crippen molar-refractivity contribution < 1.29 is 19.1 Å². The molecule has 0 heterocycles. The van der Waals surface area contributed by atoms with Crippen LogP contribution >= 0.6 is 0 Å². The second kappa shape index (κ2) is 6.52. The summed E-state index contributed by atoms with van der Waals surface area (Å²) in [4.78, 5) is 23.3. The third-order valence-corrected chi connectivity index (χ3v) is 3.63. The minimum atomic E-state index is -1.16. The fraction of sp³-hybridized carbons (Fsp3) is 0.375. The molecule has 1 aromatic rings. The number of benzene rings is 1. The van der Waals surface area contributed by atoms with Gasteiger partial charge in [0.1, 0.15) is 5.82 Å². The van der Waals surface area contributed by atoms with Crippen molar-refractivity contribution >= 4 is 11.9 Å². The van der Waals surface area contributed by atoms with Crippen LogP contribution in [-0.2, 0) is 9.59 Å². The average Bonchev–Trinajstić information content (AvgIpc) is 2.92. The first kappa shape index (κ1) is 15.2. The Kier molecular flexibility index (Phi) is 4.73. The lowest BCUT2D eigenvalue weighted by Crippen LogP contribution is -2.34. The highest BCUT2D eigenvalue weighted by Crippen LogP contribution is 2.22. The molecular weight excluding hydrogens is 273 g/mol. The Morgan fingerprint density at radius 1 is 1.48 bits per heavy atom. The lowest BCUT2D eigenvalue weighted by molar-refractivity contribution is -0.142. The molecular formula is C16H18FNO3. The number of nitrogens with one attached hydrogen (secondary N) is 1. The highest BCUT2D eigenvalue weighted by atomic mass is 19.1. The van der Waals surface area contributed by atoms with Gasteiger partial charge in [0.2, 0.25) is 5.91 Å². The van der Waals surface area contributed by atoms with Gasteiger partial charge in [0.15, 0.2) is 6.04 Å². The zero-order valence-corrected chi connectivity index (χ0v) is 11.8. The predicted molar refractivity (Wildman–Crippen MR) is 76.1 cm³/mol. The van der Waals surface area contributed by atoms with Crippen molar-refractivity contribution in [2.45, 2.75) is 32.2 Å². The fourth-order valence-corrected chi connectivity index (χ4v) is 2.46. The molecule has 2 atom stereocenters. The molecule has 4 nitrogen and oxygen atoms in total. The van der Waals surface area contributed by atoms with Gasteiger partial charge in [-0.2, -0.15) is 0 Å². The van der Waals surface area contributed by atoms with Gasteiger partial charge in [0.25, 0.3) is 0 Å². The number of hydrogen-bond acceptors (Lipinski definition) is 2. The molecule has 0 saturated carbocycles. The second-order valence-electron chi connectivity index (χ2n) is 5.32. The smallest absolute Gasteiger partial charge is 0.330 e. The van der Waals surface area contributed by atoms with Gasteiger partial charge in [0, 0.05) is 6.42 Å². The van der Waals surface area contributed by atoms with Crippen LogP contribution in [0.25, 0.3) is 0 Å². The molecule has 112 valence electrons. The van der Waals surface area contributed by atoms with E-state index in [9.17, 15) is 19.1 Å². The van der Waals surface area contributed by atoms with E-state index in [2.05, 4.69) is 5.32 Å². The summed E-state index contributed by atoms with van der Waals surface area (Å²) in [7, 11) is 0. The van der Waals surface area contributed by atoms with Crippen molar-refractivity contribution in [2.75, 3.05) is 0 Å². The van der Waals surface area contributed by atoms with Crippen LogP contribution in [0.15, 0.2) is 30.4 Å². The molecule has 0 radical (unpaired) electrons. The van der Waals surface area contributed by atoms with E-state index in [1.807, 2.05) is 12.2 Å². The minimum Gasteiger partial charge on any atom is -0.479 e. The Morgan fingerprint density at radius 3 is 2.81 bits per heavy atom. The molecule has 2 N–H and O–H groups in total. The van der Waals surface area contributed by atoms with Crippen LogP contribution in [0.4, 0.5) is 4.39 Å². The highest BCUT2D eigenvalue weighted by molar-refractivity contribution is 5.84. The van der Waals surface area contributed by atoms with Crippen LogP contribution in [0.2, 0.25) is 0 Å². The normalized spacial score (nSPS) is 18.5. The van der Waals surface area contributed by atoms with E-state index in [4.69, 9.17) is 0 Å². The monoisotopic (exact) mass is 291 g/mol. The van der Waals surface area contributed by atoms with E-state index in [0.29, 0.717) is 11.1 Å². The summed E-state index contributed by atoms with van der Waals surface area (Å²) in [5.41, 5.74) is 0.725. The van der Waals surface area contributed by atoms with E-state index >= 15 is 0 Å². The largest absolute Gasteiger partial charge is 0.479 e. The molecule has 2 unspecified atom stereocenters. The molecule has 0 aliphatic heterocycles. The molecule has 0 aromatic heterocycles. The lowest BCUT2D eigenvalue weighted by atomic mass is 10.0. The summed E-state index contributed by atoms with van der Waals surface area (Å²) < 4.78 is 13.3. The van der Waals surface area contributed by atoms with Crippen LogP contribution < -0.4 is 5.32 Å². The van der Waals surface area contributed by atoms with Gasteiger partial charge in [-0.1, -0.05) is 24.3 Å². The van der Waals surface area contributed by atoms with Gasteiger partial charge >= 0.3 is 5.97 Å². The molecule has 0 saturated heterocycles. The molecule has 1 aliphatic rings. The average molecular weight is 291 g/mol. The number of carbonyl (C=O) groups excluding carboxylic acids is 1. The summed E-state index contributed by atoms with van der Waals surface area (Å²) in [5, 5.41) is 11.8. The van der Waals surface area contributed by atoms with Gasteiger partial charge in [-0.3, -0.25) is 4.79 Å². The van der Waals surface area contributed by atoms with Crippen LogP contribution in [0, 0.1) is 18.7 Å². The van der Waals surface area contributed by atoms with Crippen molar-refractivity contribution in [3.63, 3.8) is 0 Å². The van der Waals surface area contributed by atoms with Gasteiger partial charge in [-0.25, -0.2) is 9.18 Å². The van der Waals surface area contributed by atoms with E-state index in [0.717, 1.165) is 12.8 Å². The molecule has 1 aromatic carbocycles. The van der Waals surface area contributed by atoms with Crippen molar-refractivity contribution in [1.82, 2.24) is 5.32 Å². The summed E-state index contributed by atoms with van der Waals surface area (Å²) >= 11 is 0. The number of allylic oxidation sites excluding steroid dienone is 2. The lowest BCUT2D eigenvalue weighted by Gasteiger charge is -2.17. The number of carbonyl (C=O) groups is 2. The number of carboxylic acids is 1. The van der Waals surface area contributed by atoms with Gasteiger partial charge in [0.05, 0.1) is 0 Å². The van der Waals surface area contributed by atoms with Crippen molar-refractivity contribution in [2.24, 2.45) is 5.92 Å². The van der Waals surface area contributed by atoms with Crippen LogP contribution in [0.1, 0.15) is 36.4 Å². The maximum absolute atomic E-state index is 13.3. The molecule has 0 spiro atoms. The SMILES string of the molecule is Cc1cc(C(NC(=O)CC2C=CCC2)C(=O)O)ccc1F. The number of aliphatic carboxylic acids is 1. The van der Waals surface area contributed by atoms with E-state index in [1.165, 1.54) is 18.2 Å². The third kappa shape index (κ3) is 3.90. The maximum atomic E-state index is 13.3. The number of aryl methyl sites for hydroxylation is 1. The number of hydrogen-bond donors (Lipinski definition) is 2. The van der Waals surface area contributed by atoms with Crippen molar-refractivity contribution in [3.8, 4) is 0 Å². The van der Waals surface area contributed by atoms with Crippen LogP contribution in [-0.4, -0.2) is 17.0 Å². The molecule has 0 bridgehead atoms. The Morgan fingerprint density at radius 2 is 2.24 bits per heavy atom. The van der Waals surface area contributed by atoms with Crippen LogP contribution in [0.5, 0.6) is 0 Å². The Hall–Kier alpha value is -2.17. The first-order valence-electron chi connectivity index (χ1n) is 6.92. The number of amides is 1. The van der Waals surface area contributed by atoms with Gasteiger partial charge in [-0.05, 0) is 42.9 Å². The van der Waals surface area contributed by atoms with Crippen molar-refractivity contribution in [3.05, 3.63) is 47.3 Å². The number of halogens is 1. The Labute approximate surface area is 122 Å². The first-order chi connectivity index (χ1) is 9.97. The summed E-state index contributed by atoms with van der Waals surface area (Å²) in [6, 6.07) is 2.90. The maximum Gasteiger partial charge on any atom is 0.330 e. The summed E-state index contributed by atoms with van der Waals surface area (Å²) in [6.07, 6.45) is 6.16. The zero-order valence-electron chi connectivity index (χ0n) is 11.8. The molecule has 1 aliphatic carbocycles. The fourth-order valence-electron chi connectivity index (χ4n) is 2.46. The second-order valence-corrected chi connectivity index (χ2v) is 5.32. The van der Waals surface area contributed by atoms with Gasteiger partial charge < -0.3 is 10.4 Å². The quantitative estimate of drug-likeness (QED) is 0.820. The molecule has 1 amide bonds. The number of carboxylic acid groups (broad SMARTS) is 1. The third-order valence-electron chi connectivity index (χ3n) is 3.63. The van der Waals surface area contributed by atoms with Crippen LogP contribution in [0.3, 0.4) is 0 Å². The standard InChI is InChI=1S/C16H18FNO3/c1-10-8-12(6-7-13(10)17)15(16(20)21)18-14(19)9-11-4-2-3-5-11/h2,4,6-8,11,15H,3,5,9H2,1H3,(H,18,19)(H,20,21). The Bertz CT molecular complexity index is 583. The first-order valence-corrected chi connectivity index (χ1v) is 6.92. The summed E-state index contributed by atoms with van der Waals surface area (Å²) in [6.45, 7) is 1.56. The minimum absolute atomic E-state index is 0.175. The Balaban J connectivity index is 2.07. The molecule has 21 heavy (non-hydrogen) atoms.